The van der Waals surface area contributed by atoms with Crippen molar-refractivity contribution in [2.75, 3.05) is 6.54 Å². The molecule has 3 fully saturated rings. The Kier molecular flexibility index (Phi) is 2.86. The maximum Gasteiger partial charge on any atom is 0.149 e. The van der Waals surface area contributed by atoms with Crippen LogP contribution in [0.25, 0.3) is 0 Å². The van der Waals surface area contributed by atoms with Crippen LogP contribution in [0.3, 0.4) is 0 Å². The van der Waals surface area contributed by atoms with E-state index in [0.717, 1.165) is 29.8 Å². The molecule has 0 aromatic rings. The lowest BCUT2D eigenvalue weighted by atomic mass is 9.84. The number of fused-ring (bicyclic) bond motifs is 1. The van der Waals surface area contributed by atoms with Crippen LogP contribution in [0.5, 0.6) is 0 Å². The van der Waals surface area contributed by atoms with E-state index >= 15 is 0 Å². The van der Waals surface area contributed by atoms with Gasteiger partial charge < -0.3 is 4.48 Å². The molecule has 2 aliphatic heterocycles. The Morgan fingerprint density at radius 3 is 2.39 bits per heavy atom. The normalized spacial score (nSPS) is 59.5. The third-order valence-corrected chi connectivity index (χ3v) is 7.40. The molecule has 0 radical (unpaired) electrons. The first-order valence-electron chi connectivity index (χ1n) is 8.35. The first kappa shape index (κ1) is 13.0. The van der Waals surface area contributed by atoms with Crippen molar-refractivity contribution in [2.45, 2.75) is 84.3 Å². The van der Waals surface area contributed by atoms with E-state index in [1.807, 2.05) is 0 Å². The summed E-state index contributed by atoms with van der Waals surface area (Å²) in [6.45, 7) is 14.0. The van der Waals surface area contributed by atoms with Gasteiger partial charge in [-0.25, -0.2) is 0 Å². The van der Waals surface area contributed by atoms with Gasteiger partial charge in [0.1, 0.15) is 11.6 Å². The lowest BCUT2D eigenvalue weighted by Crippen LogP contribution is -2.47. The fourth-order valence-corrected chi connectivity index (χ4v) is 6.03. The minimum absolute atomic E-state index is 0.624. The summed E-state index contributed by atoms with van der Waals surface area (Å²) in [5.41, 5.74) is 0.624. The van der Waals surface area contributed by atoms with Crippen LogP contribution < -0.4 is 0 Å². The summed E-state index contributed by atoms with van der Waals surface area (Å²) >= 11 is 0. The molecule has 1 saturated carbocycles. The summed E-state index contributed by atoms with van der Waals surface area (Å²) in [6, 6.07) is 1.99. The fraction of sp³-hybridized carbons (Fsp3) is 1.00. The highest BCUT2D eigenvalue weighted by atomic mass is 15.6. The van der Waals surface area contributed by atoms with Gasteiger partial charge in [0.15, 0.2) is 0 Å². The lowest BCUT2D eigenvalue weighted by molar-refractivity contribution is -0.873. The summed E-state index contributed by atoms with van der Waals surface area (Å²) in [4.78, 5) is 0. The van der Waals surface area contributed by atoms with E-state index in [1.165, 1.54) is 43.1 Å². The highest BCUT2D eigenvalue weighted by Gasteiger charge is 2.80. The van der Waals surface area contributed by atoms with Crippen LogP contribution in [0.1, 0.15) is 66.7 Å². The molecule has 0 bridgehead atoms. The summed E-state index contributed by atoms with van der Waals surface area (Å²) in [5.74, 6) is 2.88. The molecule has 3 aliphatic rings. The van der Waals surface area contributed by atoms with Gasteiger partial charge in [-0.05, 0) is 38.0 Å². The summed E-state index contributed by atoms with van der Waals surface area (Å²) in [6.07, 6.45) is 7.36. The Bertz CT molecular complexity index is 339. The minimum atomic E-state index is 0.624. The quantitative estimate of drug-likeness (QED) is 0.508. The number of hydrogen-bond acceptors (Lipinski definition) is 0. The van der Waals surface area contributed by atoms with Gasteiger partial charge in [-0.3, -0.25) is 0 Å². The number of quaternary nitrogens is 1. The van der Waals surface area contributed by atoms with Gasteiger partial charge in [0.25, 0.3) is 0 Å². The molecule has 0 spiro atoms. The molecule has 0 amide bonds. The van der Waals surface area contributed by atoms with E-state index in [4.69, 9.17) is 0 Å². The van der Waals surface area contributed by atoms with Gasteiger partial charge in [-0.1, -0.05) is 27.7 Å². The van der Waals surface area contributed by atoms with Crippen molar-refractivity contribution < 1.29 is 4.48 Å². The van der Waals surface area contributed by atoms with Crippen LogP contribution in [0.4, 0.5) is 0 Å². The SMILES string of the molecule is CCC1(C)C2C(C)C(C)CC[N+]21C1CCC(C)C1. The van der Waals surface area contributed by atoms with Gasteiger partial charge in [-0.15, -0.1) is 0 Å². The molecule has 7 unspecified atom stereocenters. The van der Waals surface area contributed by atoms with Crippen LogP contribution in [0, 0.1) is 17.8 Å². The molecule has 1 heteroatoms. The van der Waals surface area contributed by atoms with Crippen molar-refractivity contribution in [3.05, 3.63) is 0 Å². The van der Waals surface area contributed by atoms with E-state index < -0.39 is 0 Å². The van der Waals surface area contributed by atoms with Crippen LogP contribution in [-0.2, 0) is 0 Å². The van der Waals surface area contributed by atoms with E-state index in [2.05, 4.69) is 34.6 Å². The van der Waals surface area contributed by atoms with E-state index in [-0.39, 0.29) is 0 Å². The molecule has 0 N–H and O–H groups in total. The van der Waals surface area contributed by atoms with Gasteiger partial charge in [-0.2, -0.15) is 0 Å². The van der Waals surface area contributed by atoms with E-state index in [0.29, 0.717) is 5.54 Å². The monoisotopic (exact) mass is 250 g/mol. The number of hydrogen-bond donors (Lipinski definition) is 0. The third-order valence-electron chi connectivity index (χ3n) is 7.40. The first-order chi connectivity index (χ1) is 8.47. The molecule has 18 heavy (non-hydrogen) atoms. The Labute approximate surface area is 114 Å². The summed E-state index contributed by atoms with van der Waals surface area (Å²) in [5, 5.41) is 0. The third kappa shape index (κ3) is 1.38. The number of rotatable bonds is 2. The maximum absolute atomic E-state index is 2.61. The van der Waals surface area contributed by atoms with E-state index in [9.17, 15) is 0 Å². The standard InChI is InChI=1S/C17H32N/c1-6-17(5)16-14(4)13(3)9-10-18(16,17)15-8-7-12(2)11-15/h12-16H,6-11H2,1-5H3/q+1. The zero-order valence-electron chi connectivity index (χ0n) is 13.1. The van der Waals surface area contributed by atoms with Crippen molar-refractivity contribution in [3.63, 3.8) is 0 Å². The predicted molar refractivity (Wildman–Crippen MR) is 77.4 cm³/mol. The molecular formula is C17H32N+. The Morgan fingerprint density at radius 2 is 1.83 bits per heavy atom. The van der Waals surface area contributed by atoms with Gasteiger partial charge >= 0.3 is 0 Å². The largest absolute Gasteiger partial charge is 0.304 e. The zero-order chi connectivity index (χ0) is 13.1. The molecule has 2 heterocycles. The summed E-state index contributed by atoms with van der Waals surface area (Å²) in [7, 11) is 0. The predicted octanol–water partition coefficient (Wildman–Crippen LogP) is 4.22. The Balaban J connectivity index is 1.90. The molecule has 3 rings (SSSR count). The smallest absolute Gasteiger partial charge is 0.149 e. The molecule has 0 aromatic carbocycles. The fourth-order valence-electron chi connectivity index (χ4n) is 6.03. The highest BCUT2D eigenvalue weighted by Crippen LogP contribution is 2.64. The Hall–Kier alpha value is -0.0400. The maximum atomic E-state index is 2.61. The molecule has 7 atom stereocenters. The van der Waals surface area contributed by atoms with Crippen molar-refractivity contribution in [1.82, 2.24) is 0 Å². The average molecular weight is 250 g/mol. The summed E-state index contributed by atoms with van der Waals surface area (Å²) < 4.78 is 1.53. The second kappa shape index (κ2) is 3.98. The highest BCUT2D eigenvalue weighted by molar-refractivity contribution is 5.08. The molecular weight excluding hydrogens is 218 g/mol. The van der Waals surface area contributed by atoms with Gasteiger partial charge in [0.2, 0.25) is 0 Å². The second-order valence-electron chi connectivity index (χ2n) is 8.01. The minimum Gasteiger partial charge on any atom is -0.304 e. The molecule has 0 aromatic heterocycles. The van der Waals surface area contributed by atoms with Crippen LogP contribution in [0.2, 0.25) is 0 Å². The van der Waals surface area contributed by atoms with Crippen molar-refractivity contribution in [3.8, 4) is 0 Å². The molecule has 1 aliphatic carbocycles. The topological polar surface area (TPSA) is 0 Å². The van der Waals surface area contributed by atoms with Crippen LogP contribution in [-0.4, -0.2) is 28.7 Å². The molecule has 2 saturated heterocycles. The van der Waals surface area contributed by atoms with Gasteiger partial charge in [0, 0.05) is 18.8 Å². The average Bonchev–Trinajstić information content (AvgIpc) is 2.66. The van der Waals surface area contributed by atoms with Crippen molar-refractivity contribution >= 4 is 0 Å². The molecule has 104 valence electrons. The van der Waals surface area contributed by atoms with E-state index in [1.54, 1.807) is 0 Å². The van der Waals surface area contributed by atoms with Crippen molar-refractivity contribution in [2.24, 2.45) is 17.8 Å². The van der Waals surface area contributed by atoms with Crippen molar-refractivity contribution in [1.29, 1.82) is 0 Å². The number of piperidine rings is 1. The number of nitrogens with zero attached hydrogens (tertiary/aromatic N) is 1. The molecule has 1 nitrogen and oxygen atoms in total. The Morgan fingerprint density at radius 1 is 1.11 bits per heavy atom. The lowest BCUT2D eigenvalue weighted by Gasteiger charge is -2.37. The van der Waals surface area contributed by atoms with Gasteiger partial charge in [0.05, 0.1) is 12.6 Å². The zero-order valence-corrected chi connectivity index (χ0v) is 13.1. The first-order valence-corrected chi connectivity index (χ1v) is 8.35. The van der Waals surface area contributed by atoms with Crippen LogP contribution in [0.15, 0.2) is 0 Å². The van der Waals surface area contributed by atoms with Crippen LogP contribution >= 0.6 is 0 Å². The second-order valence-corrected chi connectivity index (χ2v) is 8.01.